The van der Waals surface area contributed by atoms with Gasteiger partial charge in [-0.05, 0) is 27.2 Å². The van der Waals surface area contributed by atoms with Gasteiger partial charge in [0.15, 0.2) is 0 Å². The summed E-state index contributed by atoms with van der Waals surface area (Å²) in [5, 5.41) is 13.9. The smallest absolute Gasteiger partial charge is 0.323 e. The number of nitrogens with zero attached hydrogens (tertiary/aromatic N) is 1. The molecule has 19 heavy (non-hydrogen) atoms. The summed E-state index contributed by atoms with van der Waals surface area (Å²) in [7, 11) is 0. The lowest BCUT2D eigenvalue weighted by atomic mass is 10.3. The number of carbonyl (C=O) groups excluding carboxylic acids is 2. The molecule has 0 fully saturated rings. The van der Waals surface area contributed by atoms with Crippen molar-refractivity contribution in [2.24, 2.45) is 0 Å². The van der Waals surface area contributed by atoms with Gasteiger partial charge in [-0.1, -0.05) is 6.92 Å². The second-order valence-electron chi connectivity index (χ2n) is 4.58. The molecule has 0 radical (unpaired) electrons. The summed E-state index contributed by atoms with van der Waals surface area (Å²) in [4.78, 5) is 35.3. The highest BCUT2D eigenvalue weighted by molar-refractivity contribution is 5.87. The molecule has 110 valence electrons. The maximum Gasteiger partial charge on any atom is 0.323 e. The molecule has 1 unspecified atom stereocenters. The Morgan fingerprint density at radius 2 is 1.79 bits per heavy atom. The largest absolute Gasteiger partial charge is 0.480 e. The maximum atomic E-state index is 11.9. The first kappa shape index (κ1) is 17.2. The Morgan fingerprint density at radius 1 is 1.21 bits per heavy atom. The van der Waals surface area contributed by atoms with Crippen LogP contribution in [0.5, 0.6) is 0 Å². The van der Waals surface area contributed by atoms with Gasteiger partial charge < -0.3 is 20.6 Å². The molecule has 3 amide bonds. The Morgan fingerprint density at radius 3 is 2.21 bits per heavy atom. The average molecular weight is 273 g/mol. The SMILES string of the molecule is CCCNC(=O)C(C)NC(=O)N(CC(=O)O)C(C)C. The van der Waals surface area contributed by atoms with Gasteiger partial charge in [0, 0.05) is 12.6 Å². The zero-order valence-electron chi connectivity index (χ0n) is 11.9. The van der Waals surface area contributed by atoms with Crippen LogP contribution in [0.25, 0.3) is 0 Å². The summed E-state index contributed by atoms with van der Waals surface area (Å²) in [6.07, 6.45) is 0.809. The predicted molar refractivity (Wildman–Crippen MR) is 70.8 cm³/mol. The molecular formula is C12H23N3O4. The zero-order chi connectivity index (χ0) is 15.0. The number of carboxylic acid groups (broad SMARTS) is 1. The number of nitrogens with one attached hydrogen (secondary N) is 2. The molecule has 7 heteroatoms. The number of aliphatic carboxylic acids is 1. The van der Waals surface area contributed by atoms with Crippen LogP contribution in [-0.4, -0.2) is 53.1 Å². The summed E-state index contributed by atoms with van der Waals surface area (Å²) in [5.41, 5.74) is 0. The van der Waals surface area contributed by atoms with Crippen LogP contribution in [0.3, 0.4) is 0 Å². The van der Waals surface area contributed by atoms with E-state index in [2.05, 4.69) is 10.6 Å². The fourth-order valence-corrected chi connectivity index (χ4v) is 1.37. The van der Waals surface area contributed by atoms with Crippen LogP contribution in [0.4, 0.5) is 4.79 Å². The van der Waals surface area contributed by atoms with Crippen LogP contribution in [0.2, 0.25) is 0 Å². The van der Waals surface area contributed by atoms with Crippen LogP contribution in [-0.2, 0) is 9.59 Å². The van der Waals surface area contributed by atoms with Crippen molar-refractivity contribution in [2.75, 3.05) is 13.1 Å². The minimum Gasteiger partial charge on any atom is -0.480 e. The zero-order valence-corrected chi connectivity index (χ0v) is 11.9. The summed E-state index contributed by atoms with van der Waals surface area (Å²) in [6.45, 7) is 7.06. The van der Waals surface area contributed by atoms with Gasteiger partial charge in [-0.2, -0.15) is 0 Å². The highest BCUT2D eigenvalue weighted by Gasteiger charge is 2.23. The molecular weight excluding hydrogens is 250 g/mol. The molecule has 0 aliphatic rings. The molecule has 7 nitrogen and oxygen atoms in total. The summed E-state index contributed by atoms with van der Waals surface area (Å²) >= 11 is 0. The van der Waals surface area contributed by atoms with Crippen molar-refractivity contribution in [3.8, 4) is 0 Å². The Labute approximate surface area is 113 Å². The number of urea groups is 1. The van der Waals surface area contributed by atoms with Crippen molar-refractivity contribution in [3.05, 3.63) is 0 Å². The lowest BCUT2D eigenvalue weighted by molar-refractivity contribution is -0.138. The molecule has 0 aliphatic carbocycles. The number of carbonyl (C=O) groups is 3. The third-order valence-electron chi connectivity index (χ3n) is 2.47. The Balaban J connectivity index is 4.46. The molecule has 0 heterocycles. The van der Waals surface area contributed by atoms with Gasteiger partial charge in [-0.15, -0.1) is 0 Å². The molecule has 0 bridgehead atoms. The molecule has 3 N–H and O–H groups in total. The van der Waals surface area contributed by atoms with Gasteiger partial charge in [0.2, 0.25) is 5.91 Å². The molecule has 1 atom stereocenters. The molecule has 0 spiro atoms. The molecule has 0 saturated heterocycles. The highest BCUT2D eigenvalue weighted by atomic mass is 16.4. The van der Waals surface area contributed by atoms with E-state index in [0.717, 1.165) is 11.3 Å². The quantitative estimate of drug-likeness (QED) is 0.625. The van der Waals surface area contributed by atoms with E-state index >= 15 is 0 Å². The summed E-state index contributed by atoms with van der Waals surface area (Å²) in [6, 6.07) is -1.52. The minimum absolute atomic E-state index is 0.262. The van der Waals surface area contributed by atoms with E-state index < -0.39 is 24.6 Å². The first-order chi connectivity index (χ1) is 8.79. The Bertz CT molecular complexity index is 331. The van der Waals surface area contributed by atoms with E-state index in [1.54, 1.807) is 20.8 Å². The molecule has 0 rings (SSSR count). The third-order valence-corrected chi connectivity index (χ3v) is 2.47. The lowest BCUT2D eigenvalue weighted by Crippen LogP contribution is -2.52. The van der Waals surface area contributed by atoms with Crippen LogP contribution >= 0.6 is 0 Å². The van der Waals surface area contributed by atoms with Gasteiger partial charge in [0.25, 0.3) is 0 Å². The Kier molecular flexibility index (Phi) is 7.55. The van der Waals surface area contributed by atoms with E-state index in [0.29, 0.717) is 6.54 Å². The van der Waals surface area contributed by atoms with Crippen LogP contribution < -0.4 is 10.6 Å². The molecule has 0 aromatic carbocycles. The summed E-state index contributed by atoms with van der Waals surface area (Å²) < 4.78 is 0. The van der Waals surface area contributed by atoms with Crippen molar-refractivity contribution in [3.63, 3.8) is 0 Å². The van der Waals surface area contributed by atoms with Crippen LogP contribution in [0.1, 0.15) is 34.1 Å². The number of hydrogen-bond acceptors (Lipinski definition) is 3. The van der Waals surface area contributed by atoms with E-state index in [-0.39, 0.29) is 11.9 Å². The minimum atomic E-state index is -1.09. The van der Waals surface area contributed by atoms with Gasteiger partial charge in [-0.25, -0.2) is 4.79 Å². The summed E-state index contributed by atoms with van der Waals surface area (Å²) in [5.74, 6) is -1.37. The van der Waals surface area contributed by atoms with Gasteiger partial charge in [-0.3, -0.25) is 9.59 Å². The van der Waals surface area contributed by atoms with E-state index in [9.17, 15) is 14.4 Å². The Hall–Kier alpha value is -1.79. The van der Waals surface area contributed by atoms with Gasteiger partial charge >= 0.3 is 12.0 Å². The molecule has 0 saturated carbocycles. The second-order valence-corrected chi connectivity index (χ2v) is 4.58. The van der Waals surface area contributed by atoms with E-state index in [1.807, 2.05) is 6.92 Å². The van der Waals surface area contributed by atoms with Crippen molar-refractivity contribution in [2.45, 2.75) is 46.2 Å². The second kappa shape index (κ2) is 8.34. The van der Waals surface area contributed by atoms with E-state index in [4.69, 9.17) is 5.11 Å². The van der Waals surface area contributed by atoms with Crippen LogP contribution in [0, 0.1) is 0 Å². The monoisotopic (exact) mass is 273 g/mol. The number of rotatable bonds is 7. The first-order valence-corrected chi connectivity index (χ1v) is 6.36. The van der Waals surface area contributed by atoms with Crippen molar-refractivity contribution < 1.29 is 19.5 Å². The van der Waals surface area contributed by atoms with Crippen molar-refractivity contribution in [1.29, 1.82) is 0 Å². The normalized spacial score (nSPS) is 11.8. The molecule has 0 aromatic heterocycles. The number of hydrogen-bond donors (Lipinski definition) is 3. The number of amides is 3. The third kappa shape index (κ3) is 6.64. The molecule has 0 aliphatic heterocycles. The molecule has 0 aromatic rings. The standard InChI is InChI=1S/C12H23N3O4/c1-5-6-13-11(18)9(4)14-12(19)15(8(2)3)7-10(16)17/h8-9H,5-7H2,1-4H3,(H,13,18)(H,14,19)(H,16,17). The highest BCUT2D eigenvalue weighted by Crippen LogP contribution is 1.99. The topological polar surface area (TPSA) is 98.7 Å². The first-order valence-electron chi connectivity index (χ1n) is 6.36. The predicted octanol–water partition coefficient (Wildman–Crippen LogP) is 0.406. The van der Waals surface area contributed by atoms with Crippen LogP contribution in [0.15, 0.2) is 0 Å². The van der Waals surface area contributed by atoms with Gasteiger partial charge in [0.05, 0.1) is 0 Å². The van der Waals surface area contributed by atoms with Gasteiger partial charge in [0.1, 0.15) is 12.6 Å². The van der Waals surface area contributed by atoms with E-state index in [1.165, 1.54) is 0 Å². The lowest BCUT2D eigenvalue weighted by Gasteiger charge is -2.26. The fraction of sp³-hybridized carbons (Fsp3) is 0.750. The maximum absolute atomic E-state index is 11.9. The van der Waals surface area contributed by atoms with Crippen molar-refractivity contribution in [1.82, 2.24) is 15.5 Å². The van der Waals surface area contributed by atoms with Crippen molar-refractivity contribution >= 4 is 17.9 Å². The fourth-order valence-electron chi connectivity index (χ4n) is 1.37. The average Bonchev–Trinajstić information content (AvgIpc) is 2.31. The number of carboxylic acids is 1.